The Labute approximate surface area is 177 Å². The van der Waals surface area contributed by atoms with Crippen molar-refractivity contribution in [3.8, 4) is 0 Å². The summed E-state index contributed by atoms with van der Waals surface area (Å²) in [5.74, 6) is -1.05. The largest absolute Gasteiger partial charge is 0.469 e. The molecule has 1 saturated heterocycles. The zero-order valence-corrected chi connectivity index (χ0v) is 18.2. The quantitative estimate of drug-likeness (QED) is 0.661. The number of methoxy groups -OCH3 is 1. The number of rotatable bonds is 1. The fourth-order valence-corrected chi connectivity index (χ4v) is 8.21. The second-order valence-corrected chi connectivity index (χ2v) is 10.8. The van der Waals surface area contributed by atoms with Crippen molar-refractivity contribution < 1.29 is 29.0 Å². The average Bonchev–Trinajstić information content (AvgIpc) is 3.23. The normalized spacial score (nSPS) is 49.7. The van der Waals surface area contributed by atoms with Crippen LogP contribution in [0, 0.1) is 28.6 Å². The topological polar surface area (TPSA) is 89.9 Å². The SMILES string of the molecule is COC(=O)[C@@H]1CC2=CC(=O)CCC2(C)[C@@]2(O)CCC3(C)C(CC[C@@]34CCC(=O)O4)C12. The molecule has 1 heterocycles. The van der Waals surface area contributed by atoms with Crippen LogP contribution in [0.5, 0.6) is 0 Å². The van der Waals surface area contributed by atoms with Gasteiger partial charge in [0.2, 0.25) is 0 Å². The molecule has 5 rings (SSSR count). The van der Waals surface area contributed by atoms with Crippen molar-refractivity contribution in [2.24, 2.45) is 28.6 Å². The number of aliphatic hydroxyl groups is 1. The monoisotopic (exact) mass is 416 g/mol. The second-order valence-electron chi connectivity index (χ2n) is 10.8. The van der Waals surface area contributed by atoms with Crippen LogP contribution in [0.2, 0.25) is 0 Å². The summed E-state index contributed by atoms with van der Waals surface area (Å²) in [5, 5.41) is 12.3. The maximum absolute atomic E-state index is 13.0. The van der Waals surface area contributed by atoms with Gasteiger partial charge in [-0.15, -0.1) is 0 Å². The van der Waals surface area contributed by atoms with Crippen LogP contribution in [0.4, 0.5) is 0 Å². The third-order valence-electron chi connectivity index (χ3n) is 10.0. The van der Waals surface area contributed by atoms with Crippen molar-refractivity contribution in [3.05, 3.63) is 11.6 Å². The molecule has 7 atom stereocenters. The van der Waals surface area contributed by atoms with E-state index < -0.39 is 22.5 Å². The minimum Gasteiger partial charge on any atom is -0.469 e. The molecule has 0 aromatic heterocycles. The number of fused-ring (bicyclic) bond motifs is 6. The van der Waals surface area contributed by atoms with Crippen LogP contribution in [-0.4, -0.2) is 41.1 Å². The third-order valence-corrected chi connectivity index (χ3v) is 10.0. The first-order valence-electron chi connectivity index (χ1n) is 11.4. The lowest BCUT2D eigenvalue weighted by Gasteiger charge is -2.64. The molecule has 4 unspecified atom stereocenters. The summed E-state index contributed by atoms with van der Waals surface area (Å²) >= 11 is 0. The predicted molar refractivity (Wildman–Crippen MR) is 107 cm³/mol. The van der Waals surface area contributed by atoms with Crippen LogP contribution in [0.3, 0.4) is 0 Å². The Morgan fingerprint density at radius 3 is 2.57 bits per heavy atom. The van der Waals surface area contributed by atoms with Crippen molar-refractivity contribution in [2.75, 3.05) is 7.11 Å². The molecule has 5 aliphatic rings. The highest BCUT2D eigenvalue weighted by atomic mass is 16.6. The molecule has 1 spiro atoms. The number of ether oxygens (including phenoxy) is 2. The average molecular weight is 417 g/mol. The van der Waals surface area contributed by atoms with Crippen LogP contribution < -0.4 is 0 Å². The molecule has 4 fully saturated rings. The molecule has 3 saturated carbocycles. The summed E-state index contributed by atoms with van der Waals surface area (Å²) in [6, 6.07) is 0. The number of hydrogen-bond donors (Lipinski definition) is 1. The van der Waals surface area contributed by atoms with E-state index in [0.29, 0.717) is 32.1 Å². The Morgan fingerprint density at radius 1 is 1.13 bits per heavy atom. The lowest BCUT2D eigenvalue weighted by Crippen LogP contribution is -2.67. The highest BCUT2D eigenvalue weighted by Gasteiger charge is 2.73. The van der Waals surface area contributed by atoms with Crippen LogP contribution in [0.15, 0.2) is 11.6 Å². The van der Waals surface area contributed by atoms with E-state index in [2.05, 4.69) is 13.8 Å². The third kappa shape index (κ3) is 2.26. The van der Waals surface area contributed by atoms with E-state index >= 15 is 0 Å². The van der Waals surface area contributed by atoms with Gasteiger partial charge in [0.15, 0.2) is 5.78 Å². The molecule has 0 aromatic carbocycles. The van der Waals surface area contributed by atoms with Gasteiger partial charge in [-0.25, -0.2) is 0 Å². The smallest absolute Gasteiger partial charge is 0.309 e. The van der Waals surface area contributed by atoms with Gasteiger partial charge in [-0.3, -0.25) is 14.4 Å². The van der Waals surface area contributed by atoms with Gasteiger partial charge in [0.05, 0.1) is 18.6 Å². The van der Waals surface area contributed by atoms with Gasteiger partial charge in [-0.2, -0.15) is 0 Å². The van der Waals surface area contributed by atoms with Crippen LogP contribution in [-0.2, 0) is 23.9 Å². The first-order chi connectivity index (χ1) is 14.1. The van der Waals surface area contributed by atoms with E-state index in [0.717, 1.165) is 31.3 Å². The Balaban J connectivity index is 1.63. The standard InChI is InChI=1S/C24H32O6/c1-21-7-4-15(25)12-14(21)13-16(20(27)29-3)19-17-5-8-23(9-6-18(26)30-23)22(17,2)10-11-24(19,21)28/h12,16-17,19,28H,4-11,13H2,1-3H3/t16-,17?,19?,21?,22?,23-,24-/m1/s1. The molecule has 6 heteroatoms. The first-order valence-corrected chi connectivity index (χ1v) is 11.4. The van der Waals surface area contributed by atoms with Gasteiger partial charge in [-0.1, -0.05) is 19.4 Å². The number of ketones is 1. The molecule has 0 bridgehead atoms. The Kier molecular flexibility index (Phi) is 4.17. The molecule has 4 aliphatic carbocycles. The van der Waals surface area contributed by atoms with Gasteiger partial charge >= 0.3 is 11.9 Å². The lowest BCUT2D eigenvalue weighted by atomic mass is 9.42. The van der Waals surface area contributed by atoms with E-state index in [4.69, 9.17) is 9.47 Å². The van der Waals surface area contributed by atoms with Crippen LogP contribution in [0.1, 0.15) is 71.6 Å². The number of hydrogen-bond acceptors (Lipinski definition) is 6. The molecule has 0 aromatic rings. The van der Waals surface area contributed by atoms with Crippen LogP contribution >= 0.6 is 0 Å². The van der Waals surface area contributed by atoms with Gasteiger partial charge in [0.1, 0.15) is 5.60 Å². The van der Waals surface area contributed by atoms with Gasteiger partial charge < -0.3 is 14.6 Å². The summed E-state index contributed by atoms with van der Waals surface area (Å²) in [5.41, 5.74) is -1.42. The van der Waals surface area contributed by atoms with Crippen molar-refractivity contribution >= 4 is 17.7 Å². The molecular formula is C24H32O6. The van der Waals surface area contributed by atoms with E-state index in [1.807, 2.05) is 0 Å². The number of carbonyl (C=O) groups excluding carboxylic acids is 3. The van der Waals surface area contributed by atoms with Gasteiger partial charge in [-0.05, 0) is 56.9 Å². The van der Waals surface area contributed by atoms with Gasteiger partial charge in [0.25, 0.3) is 0 Å². The molecule has 30 heavy (non-hydrogen) atoms. The molecule has 164 valence electrons. The molecule has 0 amide bonds. The first kappa shape index (κ1) is 20.2. The summed E-state index contributed by atoms with van der Waals surface area (Å²) in [4.78, 5) is 37.2. The Hall–Kier alpha value is -1.69. The number of carbonyl (C=O) groups is 3. The highest BCUT2D eigenvalue weighted by Crippen LogP contribution is 2.71. The van der Waals surface area contributed by atoms with Crippen LogP contribution in [0.25, 0.3) is 0 Å². The lowest BCUT2D eigenvalue weighted by molar-refractivity contribution is -0.229. The number of esters is 2. The minimum absolute atomic E-state index is 0.0715. The van der Waals surface area contributed by atoms with Gasteiger partial charge in [0, 0.05) is 29.6 Å². The van der Waals surface area contributed by atoms with E-state index in [-0.39, 0.29) is 35.0 Å². The van der Waals surface area contributed by atoms with Crippen molar-refractivity contribution in [3.63, 3.8) is 0 Å². The van der Waals surface area contributed by atoms with E-state index in [1.54, 1.807) is 6.08 Å². The fourth-order valence-electron chi connectivity index (χ4n) is 8.21. The van der Waals surface area contributed by atoms with Crippen molar-refractivity contribution in [2.45, 2.75) is 82.8 Å². The highest BCUT2D eigenvalue weighted by molar-refractivity contribution is 5.92. The summed E-state index contributed by atoms with van der Waals surface area (Å²) in [7, 11) is 1.40. The zero-order chi connectivity index (χ0) is 21.5. The second kappa shape index (κ2) is 6.18. The maximum atomic E-state index is 13.0. The summed E-state index contributed by atoms with van der Waals surface area (Å²) < 4.78 is 11.2. The minimum atomic E-state index is -1.07. The zero-order valence-electron chi connectivity index (χ0n) is 18.2. The Morgan fingerprint density at radius 2 is 1.90 bits per heavy atom. The molecular weight excluding hydrogens is 384 g/mol. The molecule has 1 aliphatic heterocycles. The Bertz CT molecular complexity index is 862. The summed E-state index contributed by atoms with van der Waals surface area (Å²) in [6.45, 7) is 4.28. The molecule has 6 nitrogen and oxygen atoms in total. The summed E-state index contributed by atoms with van der Waals surface area (Å²) in [6.07, 6.45) is 7.27. The van der Waals surface area contributed by atoms with Crippen molar-refractivity contribution in [1.82, 2.24) is 0 Å². The maximum Gasteiger partial charge on any atom is 0.309 e. The van der Waals surface area contributed by atoms with E-state index in [1.165, 1.54) is 7.11 Å². The molecule has 0 radical (unpaired) electrons. The fraction of sp³-hybridized carbons (Fsp3) is 0.792. The molecule has 1 N–H and O–H groups in total. The van der Waals surface area contributed by atoms with Crippen molar-refractivity contribution in [1.29, 1.82) is 0 Å². The predicted octanol–water partition coefficient (Wildman–Crippen LogP) is 3.11. The van der Waals surface area contributed by atoms with E-state index in [9.17, 15) is 19.5 Å².